The molecular formula is C14H12ClN3OS2. The van der Waals surface area contributed by atoms with Gasteiger partial charge in [0.15, 0.2) is 5.15 Å². The van der Waals surface area contributed by atoms with Crippen LogP contribution in [0.2, 0.25) is 5.15 Å². The molecule has 4 nitrogen and oxygen atoms in total. The Hall–Kier alpha value is -1.55. The van der Waals surface area contributed by atoms with Crippen molar-refractivity contribution in [3.63, 3.8) is 0 Å². The summed E-state index contributed by atoms with van der Waals surface area (Å²) in [5.74, 6) is 2.75. The van der Waals surface area contributed by atoms with Crippen molar-refractivity contribution < 1.29 is 4.79 Å². The molecule has 2 aromatic rings. The van der Waals surface area contributed by atoms with Gasteiger partial charge in [-0.25, -0.2) is 4.98 Å². The van der Waals surface area contributed by atoms with Crippen LogP contribution in [0.15, 0.2) is 24.5 Å². The second-order valence-corrected chi connectivity index (χ2v) is 6.18. The van der Waals surface area contributed by atoms with E-state index < -0.39 is 0 Å². The molecule has 0 atom stereocenters. The highest BCUT2D eigenvalue weighted by Crippen LogP contribution is 2.37. The lowest BCUT2D eigenvalue weighted by atomic mass is 10.3. The zero-order chi connectivity index (χ0) is 15.2. The van der Waals surface area contributed by atoms with E-state index in [9.17, 15) is 4.79 Å². The molecule has 2 rings (SSSR count). The van der Waals surface area contributed by atoms with Crippen LogP contribution >= 0.6 is 34.7 Å². The number of carbonyl (C=O) groups is 1. The number of rotatable bonds is 5. The van der Waals surface area contributed by atoms with Gasteiger partial charge >= 0.3 is 0 Å². The molecule has 0 fully saturated rings. The number of pyridine rings is 1. The largest absolute Gasteiger partial charge is 0.289 e. The molecule has 0 aliphatic rings. The minimum Gasteiger partial charge on any atom is -0.289 e. The lowest BCUT2D eigenvalue weighted by Crippen LogP contribution is -2.32. The van der Waals surface area contributed by atoms with Gasteiger partial charge in [-0.15, -0.1) is 6.42 Å². The Kier molecular flexibility index (Phi) is 5.62. The average Bonchev–Trinajstić information content (AvgIpc) is 2.87. The zero-order valence-electron chi connectivity index (χ0n) is 11.2. The number of hydrogen-bond acceptors (Lipinski definition) is 5. The van der Waals surface area contributed by atoms with Gasteiger partial charge in [-0.1, -0.05) is 28.9 Å². The summed E-state index contributed by atoms with van der Waals surface area (Å²) in [6.45, 7) is 0.174. The first-order chi connectivity index (χ1) is 10.2. The third kappa shape index (κ3) is 3.76. The smallest absolute Gasteiger partial charge is 0.238 e. The van der Waals surface area contributed by atoms with Crippen molar-refractivity contribution in [1.82, 2.24) is 9.97 Å². The lowest BCUT2D eigenvalue weighted by molar-refractivity contribution is -0.116. The van der Waals surface area contributed by atoms with E-state index in [0.29, 0.717) is 15.8 Å². The van der Waals surface area contributed by atoms with Gasteiger partial charge in [-0.2, -0.15) is 11.8 Å². The predicted molar refractivity (Wildman–Crippen MR) is 89.9 cm³/mol. The first-order valence-electron chi connectivity index (χ1n) is 5.97. The molecule has 2 aromatic heterocycles. The number of hydrogen-bond donors (Lipinski definition) is 0. The number of amides is 1. The van der Waals surface area contributed by atoms with E-state index in [1.54, 1.807) is 12.4 Å². The van der Waals surface area contributed by atoms with E-state index in [-0.39, 0.29) is 17.6 Å². The summed E-state index contributed by atoms with van der Waals surface area (Å²) in [6, 6.07) is 3.71. The van der Waals surface area contributed by atoms with Gasteiger partial charge in [0.25, 0.3) is 0 Å². The predicted octanol–water partition coefficient (Wildman–Crippen LogP) is 3.19. The second-order valence-electron chi connectivity index (χ2n) is 3.97. The first kappa shape index (κ1) is 15.8. The van der Waals surface area contributed by atoms with Crippen LogP contribution in [0.3, 0.4) is 0 Å². The summed E-state index contributed by atoms with van der Waals surface area (Å²) in [4.78, 5) is 22.0. The van der Waals surface area contributed by atoms with Crippen molar-refractivity contribution in [2.45, 2.75) is 0 Å². The van der Waals surface area contributed by atoms with Crippen LogP contribution in [0.5, 0.6) is 0 Å². The minimum absolute atomic E-state index is 0.0799. The van der Waals surface area contributed by atoms with Crippen LogP contribution in [0.1, 0.15) is 0 Å². The van der Waals surface area contributed by atoms with Crippen molar-refractivity contribution in [3.8, 4) is 22.9 Å². The van der Waals surface area contributed by atoms with E-state index in [4.69, 9.17) is 18.0 Å². The van der Waals surface area contributed by atoms with E-state index in [1.165, 1.54) is 28.0 Å². The molecule has 0 aliphatic heterocycles. The zero-order valence-corrected chi connectivity index (χ0v) is 13.6. The summed E-state index contributed by atoms with van der Waals surface area (Å²) < 4.78 is 0. The molecule has 0 N–H and O–H groups in total. The van der Waals surface area contributed by atoms with E-state index >= 15 is 0 Å². The number of carbonyl (C=O) groups excluding carboxylic acids is 1. The molecule has 0 bridgehead atoms. The Labute approximate surface area is 136 Å². The summed E-state index contributed by atoms with van der Waals surface area (Å²) in [5, 5.41) is 1.57. The molecule has 7 heteroatoms. The van der Waals surface area contributed by atoms with Crippen LogP contribution in [0, 0.1) is 12.3 Å². The number of nitrogens with zero attached hydrogens (tertiary/aromatic N) is 3. The Bertz CT molecular complexity index is 667. The van der Waals surface area contributed by atoms with Crippen LogP contribution in [-0.2, 0) is 4.79 Å². The van der Waals surface area contributed by atoms with Gasteiger partial charge in [0.2, 0.25) is 5.91 Å². The van der Waals surface area contributed by atoms with Gasteiger partial charge < -0.3 is 0 Å². The van der Waals surface area contributed by atoms with Gasteiger partial charge in [0.1, 0.15) is 10.0 Å². The van der Waals surface area contributed by atoms with Crippen LogP contribution in [-0.4, -0.2) is 34.4 Å². The highest BCUT2D eigenvalue weighted by molar-refractivity contribution is 7.99. The maximum absolute atomic E-state index is 12.1. The molecule has 0 aliphatic carbocycles. The SMILES string of the molecule is C#CCN(C(=O)CSC)c1sc(-c2cccnc2)nc1Cl. The Morgan fingerprint density at radius 3 is 3.05 bits per heavy atom. The molecule has 2 heterocycles. The quantitative estimate of drug-likeness (QED) is 0.786. The van der Waals surface area contributed by atoms with Crippen LogP contribution in [0.4, 0.5) is 5.00 Å². The lowest BCUT2D eigenvalue weighted by Gasteiger charge is -2.17. The second kappa shape index (κ2) is 7.46. The summed E-state index contributed by atoms with van der Waals surface area (Å²) in [5.41, 5.74) is 0.855. The maximum atomic E-state index is 12.1. The molecule has 0 aromatic carbocycles. The molecule has 0 spiro atoms. The highest BCUT2D eigenvalue weighted by atomic mass is 35.5. The van der Waals surface area contributed by atoms with Crippen molar-refractivity contribution >= 4 is 45.6 Å². The van der Waals surface area contributed by atoms with Crippen molar-refractivity contribution in [2.75, 3.05) is 23.5 Å². The fourth-order valence-corrected chi connectivity index (χ4v) is 3.36. The maximum Gasteiger partial charge on any atom is 0.238 e. The molecule has 0 unspecified atom stereocenters. The highest BCUT2D eigenvalue weighted by Gasteiger charge is 2.21. The standard InChI is InChI=1S/C14H12ClN3OS2/c1-3-7-18(11(19)9-20-2)14-12(15)17-13(21-14)10-5-4-6-16-8-10/h1,4-6,8H,7,9H2,2H3. The third-order valence-corrected chi connectivity index (χ3v) is 4.58. The molecule has 1 amide bonds. The number of terminal acetylenes is 1. The number of thioether (sulfide) groups is 1. The van der Waals surface area contributed by atoms with E-state index in [0.717, 1.165) is 5.56 Å². The molecule has 0 saturated heterocycles. The van der Waals surface area contributed by atoms with Crippen molar-refractivity contribution in [2.24, 2.45) is 0 Å². The molecule has 0 radical (unpaired) electrons. The monoisotopic (exact) mass is 337 g/mol. The minimum atomic E-state index is -0.0799. The van der Waals surface area contributed by atoms with Gasteiger partial charge in [0.05, 0.1) is 12.3 Å². The number of halogens is 1. The molecule has 0 saturated carbocycles. The van der Waals surface area contributed by atoms with Gasteiger partial charge in [-0.3, -0.25) is 14.7 Å². The Morgan fingerprint density at radius 1 is 1.62 bits per heavy atom. The summed E-state index contributed by atoms with van der Waals surface area (Å²) in [7, 11) is 0. The first-order valence-corrected chi connectivity index (χ1v) is 8.55. The van der Waals surface area contributed by atoms with Crippen molar-refractivity contribution in [3.05, 3.63) is 29.7 Å². The third-order valence-electron chi connectivity index (χ3n) is 2.54. The Balaban J connectivity index is 2.36. The van der Waals surface area contributed by atoms with Gasteiger partial charge in [0, 0.05) is 18.0 Å². The van der Waals surface area contributed by atoms with Crippen molar-refractivity contribution in [1.29, 1.82) is 0 Å². The number of aromatic nitrogens is 2. The fourth-order valence-electron chi connectivity index (χ4n) is 1.64. The van der Waals surface area contributed by atoms with Gasteiger partial charge in [-0.05, 0) is 18.4 Å². The summed E-state index contributed by atoms with van der Waals surface area (Å²) in [6.07, 6.45) is 10.6. The Morgan fingerprint density at radius 2 is 2.43 bits per heavy atom. The van der Waals surface area contributed by atoms with Crippen LogP contribution < -0.4 is 4.90 Å². The van der Waals surface area contributed by atoms with E-state index in [2.05, 4.69) is 15.9 Å². The normalized spacial score (nSPS) is 10.1. The number of thiazole rings is 1. The average molecular weight is 338 g/mol. The molecule has 21 heavy (non-hydrogen) atoms. The van der Waals surface area contributed by atoms with Crippen LogP contribution in [0.25, 0.3) is 10.6 Å². The van der Waals surface area contributed by atoms with E-state index in [1.807, 2.05) is 18.4 Å². The molecule has 108 valence electrons. The topological polar surface area (TPSA) is 46.1 Å². The summed E-state index contributed by atoms with van der Waals surface area (Å²) >= 11 is 8.95. The molecular weight excluding hydrogens is 326 g/mol. The number of anilines is 1. The fraction of sp³-hybridized carbons (Fsp3) is 0.214.